The van der Waals surface area contributed by atoms with Crippen LogP contribution >= 0.6 is 24.0 Å². The fourth-order valence-corrected chi connectivity index (χ4v) is 3.20. The first kappa shape index (κ1) is 20.6. The van der Waals surface area contributed by atoms with Gasteiger partial charge in [-0.15, -0.1) is 12.4 Å². The van der Waals surface area contributed by atoms with E-state index < -0.39 is 11.7 Å². The van der Waals surface area contributed by atoms with Crippen LogP contribution in [0.3, 0.4) is 0 Å². The molecule has 1 saturated heterocycles. The maximum absolute atomic E-state index is 12.8. The molecule has 0 saturated carbocycles. The second-order valence-electron chi connectivity index (χ2n) is 6.17. The predicted molar refractivity (Wildman–Crippen MR) is 90.3 cm³/mol. The van der Waals surface area contributed by atoms with Crippen molar-refractivity contribution in [3.05, 3.63) is 34.3 Å². The van der Waals surface area contributed by atoms with Gasteiger partial charge in [-0.2, -0.15) is 13.2 Å². The molecule has 23 heavy (non-hydrogen) atoms. The third kappa shape index (κ3) is 5.52. The molecule has 2 nitrogen and oxygen atoms in total. The average molecular weight is 371 g/mol. The minimum Gasteiger partial charge on any atom is -0.314 e. The van der Waals surface area contributed by atoms with Gasteiger partial charge in [0.1, 0.15) is 0 Å². The van der Waals surface area contributed by atoms with E-state index in [4.69, 9.17) is 11.6 Å². The summed E-state index contributed by atoms with van der Waals surface area (Å²) < 4.78 is 38.5. The van der Waals surface area contributed by atoms with Crippen LogP contribution in [0.15, 0.2) is 18.2 Å². The van der Waals surface area contributed by atoms with Crippen molar-refractivity contribution in [3.8, 4) is 0 Å². The van der Waals surface area contributed by atoms with Gasteiger partial charge < -0.3 is 5.32 Å². The molecular weight excluding hydrogens is 348 g/mol. The molecule has 1 N–H and O–H groups in total. The van der Waals surface area contributed by atoms with Gasteiger partial charge in [-0.3, -0.25) is 4.90 Å². The van der Waals surface area contributed by atoms with E-state index >= 15 is 0 Å². The Morgan fingerprint density at radius 3 is 2.30 bits per heavy atom. The van der Waals surface area contributed by atoms with E-state index in [0.717, 1.165) is 44.2 Å². The zero-order chi connectivity index (χ0) is 16.3. The van der Waals surface area contributed by atoms with Crippen molar-refractivity contribution in [2.45, 2.75) is 32.5 Å². The number of nitrogens with zero attached hydrogens (tertiary/aromatic N) is 1. The van der Waals surface area contributed by atoms with E-state index in [9.17, 15) is 13.2 Å². The number of hydrogen-bond donors (Lipinski definition) is 1. The molecule has 0 bridgehead atoms. The van der Waals surface area contributed by atoms with Gasteiger partial charge in [0, 0.05) is 32.2 Å². The Labute approximate surface area is 146 Å². The zero-order valence-corrected chi connectivity index (χ0v) is 14.9. The van der Waals surface area contributed by atoms with Gasteiger partial charge in [0.2, 0.25) is 0 Å². The molecule has 1 aromatic rings. The van der Waals surface area contributed by atoms with Crippen LogP contribution in [0.2, 0.25) is 5.02 Å². The van der Waals surface area contributed by atoms with Crippen LogP contribution in [0.1, 0.15) is 37.4 Å². The van der Waals surface area contributed by atoms with Crippen molar-refractivity contribution in [2.24, 2.45) is 5.92 Å². The number of halogens is 5. The highest BCUT2D eigenvalue weighted by Gasteiger charge is 2.34. The van der Waals surface area contributed by atoms with E-state index in [1.807, 2.05) is 0 Å². The molecule has 0 spiro atoms. The molecule has 0 aromatic heterocycles. The Bertz CT molecular complexity index is 501. The number of nitrogens with one attached hydrogen (secondary N) is 1. The fourth-order valence-electron chi connectivity index (χ4n) is 2.90. The molecule has 1 aliphatic rings. The number of hydrogen-bond acceptors (Lipinski definition) is 2. The third-order valence-electron chi connectivity index (χ3n) is 3.97. The summed E-state index contributed by atoms with van der Waals surface area (Å²) in [6.45, 7) is 7.86. The van der Waals surface area contributed by atoms with Crippen LogP contribution < -0.4 is 5.32 Å². The van der Waals surface area contributed by atoms with Gasteiger partial charge >= 0.3 is 6.18 Å². The van der Waals surface area contributed by atoms with Crippen molar-refractivity contribution in [1.82, 2.24) is 10.2 Å². The van der Waals surface area contributed by atoms with Crippen LogP contribution in [0.5, 0.6) is 0 Å². The number of alkyl halides is 3. The lowest BCUT2D eigenvalue weighted by molar-refractivity contribution is -0.137. The lowest BCUT2D eigenvalue weighted by atomic mass is 9.94. The van der Waals surface area contributed by atoms with Gasteiger partial charge in [0.05, 0.1) is 10.6 Å². The summed E-state index contributed by atoms with van der Waals surface area (Å²) in [6.07, 6.45) is -3.50. The summed E-state index contributed by atoms with van der Waals surface area (Å²) in [7, 11) is 0. The molecule has 7 heteroatoms. The first-order chi connectivity index (χ1) is 10.3. The minimum atomic E-state index is -4.40. The predicted octanol–water partition coefficient (Wildman–Crippen LogP) is 4.77. The first-order valence-electron chi connectivity index (χ1n) is 7.60. The minimum absolute atomic E-state index is 0. The summed E-state index contributed by atoms with van der Waals surface area (Å²) in [5, 5.41) is 3.08. The van der Waals surface area contributed by atoms with Crippen molar-refractivity contribution in [3.63, 3.8) is 0 Å². The second-order valence-corrected chi connectivity index (χ2v) is 6.58. The molecule has 1 heterocycles. The number of benzene rings is 1. The van der Waals surface area contributed by atoms with Crippen LogP contribution in [0.25, 0.3) is 0 Å². The average Bonchev–Trinajstić information content (AvgIpc) is 2.44. The highest BCUT2D eigenvalue weighted by molar-refractivity contribution is 6.31. The molecule has 132 valence electrons. The third-order valence-corrected chi connectivity index (χ3v) is 4.28. The van der Waals surface area contributed by atoms with Crippen molar-refractivity contribution in [2.75, 3.05) is 26.2 Å². The molecule has 0 amide bonds. The van der Waals surface area contributed by atoms with E-state index in [2.05, 4.69) is 24.1 Å². The molecule has 0 aliphatic carbocycles. The quantitative estimate of drug-likeness (QED) is 0.820. The summed E-state index contributed by atoms with van der Waals surface area (Å²) >= 11 is 5.88. The first-order valence-corrected chi connectivity index (χ1v) is 7.98. The Morgan fingerprint density at radius 1 is 1.22 bits per heavy atom. The fraction of sp³-hybridized carbons (Fsp3) is 0.625. The maximum atomic E-state index is 12.8. The number of piperazine rings is 1. The van der Waals surface area contributed by atoms with Gasteiger partial charge in [-0.1, -0.05) is 31.5 Å². The lowest BCUT2D eigenvalue weighted by Crippen LogP contribution is -2.45. The van der Waals surface area contributed by atoms with Gasteiger partial charge in [0.15, 0.2) is 0 Å². The van der Waals surface area contributed by atoms with Crippen LogP contribution in [0.4, 0.5) is 13.2 Å². The summed E-state index contributed by atoms with van der Waals surface area (Å²) in [5.74, 6) is 0.459. The second kappa shape index (κ2) is 8.56. The normalized spacial score (nSPS) is 17.9. The van der Waals surface area contributed by atoms with E-state index in [0.29, 0.717) is 5.92 Å². The van der Waals surface area contributed by atoms with Gasteiger partial charge in [0.25, 0.3) is 0 Å². The maximum Gasteiger partial charge on any atom is 0.417 e. The zero-order valence-electron chi connectivity index (χ0n) is 13.3. The summed E-state index contributed by atoms with van der Waals surface area (Å²) in [6, 6.07) is 4.28. The van der Waals surface area contributed by atoms with Crippen LogP contribution in [-0.4, -0.2) is 31.1 Å². The molecule has 0 radical (unpaired) electrons. The monoisotopic (exact) mass is 370 g/mol. The topological polar surface area (TPSA) is 15.3 Å². The molecule has 1 aromatic carbocycles. The molecule has 1 fully saturated rings. The largest absolute Gasteiger partial charge is 0.417 e. The molecule has 1 aliphatic heterocycles. The molecular formula is C16H23Cl2F3N2. The SMILES string of the molecule is CC(C)C[C@@H](c1ccc(C(F)(F)F)c(Cl)c1)N1CCNCC1.Cl. The van der Waals surface area contributed by atoms with Crippen LogP contribution in [0, 0.1) is 5.92 Å². The van der Waals surface area contributed by atoms with Crippen molar-refractivity contribution in [1.29, 1.82) is 0 Å². The van der Waals surface area contributed by atoms with Crippen molar-refractivity contribution < 1.29 is 13.2 Å². The van der Waals surface area contributed by atoms with Gasteiger partial charge in [-0.25, -0.2) is 0 Å². The smallest absolute Gasteiger partial charge is 0.314 e. The van der Waals surface area contributed by atoms with Crippen molar-refractivity contribution >= 4 is 24.0 Å². The Hall–Kier alpha value is -0.490. The number of rotatable bonds is 4. The lowest BCUT2D eigenvalue weighted by Gasteiger charge is -2.36. The standard InChI is InChI=1S/C16H22ClF3N2.ClH/c1-11(2)9-15(22-7-5-21-6-8-22)12-3-4-13(14(17)10-12)16(18,19)20;/h3-4,10-11,15,21H,5-9H2,1-2H3;1H/t15-;/m0./s1. The summed E-state index contributed by atoms with van der Waals surface area (Å²) in [5.41, 5.74) is 0.107. The Morgan fingerprint density at radius 2 is 1.83 bits per heavy atom. The highest BCUT2D eigenvalue weighted by Crippen LogP contribution is 2.37. The Balaban J connectivity index is 0.00000264. The van der Waals surface area contributed by atoms with E-state index in [1.165, 1.54) is 6.07 Å². The van der Waals surface area contributed by atoms with Crippen LogP contribution in [-0.2, 0) is 6.18 Å². The summed E-state index contributed by atoms with van der Waals surface area (Å²) in [4.78, 5) is 2.33. The molecule has 0 unspecified atom stereocenters. The van der Waals surface area contributed by atoms with Gasteiger partial charge in [-0.05, 0) is 30.0 Å². The van der Waals surface area contributed by atoms with E-state index in [1.54, 1.807) is 6.07 Å². The van der Waals surface area contributed by atoms with E-state index in [-0.39, 0.29) is 23.5 Å². The highest BCUT2D eigenvalue weighted by atomic mass is 35.5. The molecule has 1 atom stereocenters. The Kier molecular flexibility index (Phi) is 7.65. The molecule has 2 rings (SSSR count).